The molecular formula is C26H26Br2N2O2. The maximum atomic E-state index is 13.8. The van der Waals surface area contributed by atoms with Crippen molar-refractivity contribution in [3.63, 3.8) is 0 Å². The average molecular weight is 558 g/mol. The second-order valence-electron chi connectivity index (χ2n) is 7.89. The molecule has 0 N–H and O–H groups in total. The number of benzene rings is 2. The van der Waals surface area contributed by atoms with Crippen molar-refractivity contribution in [1.82, 2.24) is 9.80 Å². The molecule has 0 aliphatic carbocycles. The van der Waals surface area contributed by atoms with Gasteiger partial charge in [0.25, 0.3) is 11.8 Å². The fourth-order valence-corrected chi connectivity index (χ4v) is 5.14. The van der Waals surface area contributed by atoms with Crippen LogP contribution in [0.3, 0.4) is 0 Å². The van der Waals surface area contributed by atoms with Gasteiger partial charge in [-0.25, -0.2) is 0 Å². The number of nitrogens with zero attached hydrogens (tertiary/aromatic N) is 2. The third-order valence-electron chi connectivity index (χ3n) is 5.81. The smallest absolute Gasteiger partial charge is 0.261 e. The van der Waals surface area contributed by atoms with Gasteiger partial charge >= 0.3 is 0 Å². The zero-order valence-corrected chi connectivity index (χ0v) is 21.1. The van der Waals surface area contributed by atoms with Crippen molar-refractivity contribution in [1.29, 1.82) is 0 Å². The van der Waals surface area contributed by atoms with E-state index >= 15 is 0 Å². The van der Waals surface area contributed by atoms with Crippen LogP contribution < -0.4 is 0 Å². The molecular weight excluding hydrogens is 532 g/mol. The molecule has 2 aliphatic rings. The molecule has 0 atom stereocenters. The summed E-state index contributed by atoms with van der Waals surface area (Å²) < 4.78 is 0. The fourth-order valence-electron chi connectivity index (χ4n) is 4.34. The standard InChI is InChI=1S/C26H26Br2N2O2/c27-15-7-9-17-29-23(19-11-3-1-4-12-19)21-22(26(29)32)24(20-13-5-2-6-14-20)30(25(21)31)18-10-8-16-28/h1-6,11-14H,7-10,15-18H2. The van der Waals surface area contributed by atoms with Crippen molar-refractivity contribution >= 4 is 55.1 Å². The second kappa shape index (κ2) is 10.6. The van der Waals surface area contributed by atoms with Crippen LogP contribution >= 0.6 is 31.9 Å². The minimum Gasteiger partial charge on any atom is -0.307 e. The van der Waals surface area contributed by atoms with Crippen LogP contribution in [0.1, 0.15) is 36.8 Å². The molecule has 0 fully saturated rings. The summed E-state index contributed by atoms with van der Waals surface area (Å²) in [6.07, 6.45) is 3.69. The zero-order chi connectivity index (χ0) is 22.5. The predicted octanol–water partition coefficient (Wildman–Crippen LogP) is 5.84. The number of fused-ring (bicyclic) bond motifs is 1. The Bertz CT molecular complexity index is 963. The molecule has 0 unspecified atom stereocenters. The highest BCUT2D eigenvalue weighted by Crippen LogP contribution is 2.46. The van der Waals surface area contributed by atoms with Crippen LogP contribution in [0, 0.1) is 0 Å². The van der Waals surface area contributed by atoms with E-state index in [0.29, 0.717) is 24.2 Å². The maximum absolute atomic E-state index is 13.8. The van der Waals surface area contributed by atoms with Gasteiger partial charge in [-0.1, -0.05) is 92.5 Å². The minimum absolute atomic E-state index is 0.0661. The molecule has 0 spiro atoms. The first-order valence-corrected chi connectivity index (χ1v) is 13.3. The molecule has 166 valence electrons. The van der Waals surface area contributed by atoms with Crippen LogP contribution in [0.4, 0.5) is 0 Å². The Labute approximate surface area is 206 Å². The molecule has 0 aromatic heterocycles. The quantitative estimate of drug-likeness (QED) is 0.272. The van der Waals surface area contributed by atoms with Gasteiger partial charge in [-0.2, -0.15) is 0 Å². The van der Waals surface area contributed by atoms with E-state index in [1.165, 1.54) is 0 Å². The van der Waals surface area contributed by atoms with E-state index < -0.39 is 0 Å². The molecule has 4 rings (SSSR count). The number of rotatable bonds is 10. The summed E-state index contributed by atoms with van der Waals surface area (Å²) in [5.41, 5.74) is 4.43. The van der Waals surface area contributed by atoms with Crippen LogP contribution in [0.15, 0.2) is 71.8 Å². The van der Waals surface area contributed by atoms with Crippen molar-refractivity contribution in [3.8, 4) is 0 Å². The molecule has 2 aromatic carbocycles. The Kier molecular flexibility index (Phi) is 7.63. The second-order valence-corrected chi connectivity index (χ2v) is 9.47. The SMILES string of the molecule is O=C1C2=C(c3ccccc3)N(CCCCBr)C(=O)C2=C(c2ccccc2)N1CCCCBr. The number of amides is 2. The zero-order valence-electron chi connectivity index (χ0n) is 17.9. The molecule has 2 amide bonds. The monoisotopic (exact) mass is 556 g/mol. The van der Waals surface area contributed by atoms with Crippen molar-refractivity contribution in [2.45, 2.75) is 25.7 Å². The Morgan fingerprint density at radius 1 is 0.562 bits per heavy atom. The summed E-state index contributed by atoms with van der Waals surface area (Å²) in [5, 5.41) is 1.79. The predicted molar refractivity (Wildman–Crippen MR) is 136 cm³/mol. The lowest BCUT2D eigenvalue weighted by molar-refractivity contribution is -0.124. The van der Waals surface area contributed by atoms with E-state index in [0.717, 1.165) is 58.9 Å². The number of halogens is 2. The summed E-state index contributed by atoms with van der Waals surface area (Å²) in [7, 11) is 0. The van der Waals surface area contributed by atoms with Gasteiger partial charge in [0, 0.05) is 23.7 Å². The van der Waals surface area contributed by atoms with Crippen molar-refractivity contribution in [3.05, 3.63) is 82.9 Å². The van der Waals surface area contributed by atoms with E-state index in [1.807, 2.05) is 70.5 Å². The molecule has 0 radical (unpaired) electrons. The number of carbonyl (C=O) groups excluding carboxylic acids is 2. The molecule has 0 bridgehead atoms. The van der Waals surface area contributed by atoms with Crippen molar-refractivity contribution < 1.29 is 9.59 Å². The lowest BCUT2D eigenvalue weighted by Gasteiger charge is -2.25. The Morgan fingerprint density at radius 2 is 0.938 bits per heavy atom. The molecule has 2 aromatic rings. The molecule has 0 saturated carbocycles. The molecule has 0 saturated heterocycles. The van der Waals surface area contributed by atoms with Gasteiger partial charge in [0.1, 0.15) is 0 Å². The van der Waals surface area contributed by atoms with Crippen LogP contribution in [-0.4, -0.2) is 45.4 Å². The number of carbonyl (C=O) groups is 2. The van der Waals surface area contributed by atoms with Crippen molar-refractivity contribution in [2.24, 2.45) is 0 Å². The normalized spacial score (nSPS) is 15.9. The largest absolute Gasteiger partial charge is 0.307 e. The van der Waals surface area contributed by atoms with E-state index in [2.05, 4.69) is 31.9 Å². The summed E-state index contributed by atoms with van der Waals surface area (Å²) in [6, 6.07) is 19.7. The fraction of sp³-hybridized carbons (Fsp3) is 0.308. The van der Waals surface area contributed by atoms with Crippen LogP contribution in [0.25, 0.3) is 11.4 Å². The highest BCUT2D eigenvalue weighted by Gasteiger charge is 2.48. The first kappa shape index (κ1) is 23.0. The molecule has 2 heterocycles. The van der Waals surface area contributed by atoms with Crippen molar-refractivity contribution in [2.75, 3.05) is 23.7 Å². The van der Waals surface area contributed by atoms with Gasteiger partial charge in [0.2, 0.25) is 0 Å². The van der Waals surface area contributed by atoms with Gasteiger partial charge in [-0.05, 0) is 36.8 Å². The lowest BCUT2D eigenvalue weighted by atomic mass is 10.0. The molecule has 6 heteroatoms. The molecule has 2 aliphatic heterocycles. The Morgan fingerprint density at radius 3 is 1.28 bits per heavy atom. The summed E-state index contributed by atoms with van der Waals surface area (Å²) in [4.78, 5) is 31.2. The highest BCUT2D eigenvalue weighted by molar-refractivity contribution is 9.09. The topological polar surface area (TPSA) is 40.6 Å². The number of hydrogen-bond acceptors (Lipinski definition) is 2. The van der Waals surface area contributed by atoms with Gasteiger partial charge in [0.15, 0.2) is 0 Å². The van der Waals surface area contributed by atoms with E-state index in [4.69, 9.17) is 0 Å². The van der Waals surface area contributed by atoms with Crippen LogP contribution in [-0.2, 0) is 9.59 Å². The molecule has 4 nitrogen and oxygen atoms in total. The minimum atomic E-state index is -0.0661. The Balaban J connectivity index is 1.87. The number of hydrogen-bond donors (Lipinski definition) is 0. The first-order chi connectivity index (χ1) is 15.7. The van der Waals surface area contributed by atoms with Gasteiger partial charge in [-0.3, -0.25) is 9.59 Å². The third-order valence-corrected chi connectivity index (χ3v) is 6.93. The molecule has 32 heavy (non-hydrogen) atoms. The Hall–Kier alpha value is -2.18. The van der Waals surface area contributed by atoms with E-state index in [9.17, 15) is 9.59 Å². The summed E-state index contributed by atoms with van der Waals surface area (Å²) >= 11 is 6.96. The third kappa shape index (κ3) is 4.35. The maximum Gasteiger partial charge on any atom is 0.261 e. The van der Waals surface area contributed by atoms with E-state index in [-0.39, 0.29) is 11.8 Å². The van der Waals surface area contributed by atoms with Crippen LogP contribution in [0.5, 0.6) is 0 Å². The van der Waals surface area contributed by atoms with Gasteiger partial charge < -0.3 is 9.80 Å². The average Bonchev–Trinajstić information content (AvgIpc) is 3.27. The highest BCUT2D eigenvalue weighted by atomic mass is 79.9. The number of alkyl halides is 2. The first-order valence-electron chi connectivity index (χ1n) is 11.0. The number of unbranched alkanes of at least 4 members (excludes halogenated alkanes) is 2. The van der Waals surface area contributed by atoms with Gasteiger partial charge in [0.05, 0.1) is 22.5 Å². The summed E-state index contributed by atoms with van der Waals surface area (Å²) in [5.74, 6) is -0.132. The van der Waals surface area contributed by atoms with E-state index in [1.54, 1.807) is 0 Å². The van der Waals surface area contributed by atoms with Crippen LogP contribution in [0.2, 0.25) is 0 Å². The van der Waals surface area contributed by atoms with Gasteiger partial charge in [-0.15, -0.1) is 0 Å². The lowest BCUT2D eigenvalue weighted by Crippen LogP contribution is -2.31. The summed E-state index contributed by atoms with van der Waals surface area (Å²) in [6.45, 7) is 1.20.